The first kappa shape index (κ1) is 17.8. The van der Waals surface area contributed by atoms with Crippen LogP contribution >= 0.6 is 35.0 Å². The van der Waals surface area contributed by atoms with Crippen molar-refractivity contribution in [3.8, 4) is 11.4 Å². The van der Waals surface area contributed by atoms with Crippen LogP contribution in [-0.2, 0) is 11.8 Å². The molecule has 2 aromatic carbocycles. The molecule has 1 aromatic heterocycles. The van der Waals surface area contributed by atoms with Crippen LogP contribution in [0.3, 0.4) is 0 Å². The molecule has 3 aromatic rings. The summed E-state index contributed by atoms with van der Waals surface area (Å²) >= 11 is 13.5. The van der Waals surface area contributed by atoms with Crippen molar-refractivity contribution < 1.29 is 4.79 Å². The molecule has 0 spiro atoms. The Morgan fingerprint density at radius 3 is 2.64 bits per heavy atom. The number of carbonyl (C=O) groups excluding carboxylic acids is 1. The second kappa shape index (κ2) is 7.91. The lowest BCUT2D eigenvalue weighted by atomic mass is 10.2. The van der Waals surface area contributed by atoms with Crippen LogP contribution in [0.1, 0.15) is 0 Å². The van der Waals surface area contributed by atoms with Crippen LogP contribution in [0.25, 0.3) is 11.4 Å². The van der Waals surface area contributed by atoms with E-state index in [-0.39, 0.29) is 11.7 Å². The SMILES string of the molecule is Cn1c(SCC(=O)Nc2ccccc2)nnc1-c1ccc(Cl)cc1Cl. The van der Waals surface area contributed by atoms with E-state index in [2.05, 4.69) is 15.5 Å². The predicted molar refractivity (Wildman–Crippen MR) is 102 cm³/mol. The highest BCUT2D eigenvalue weighted by molar-refractivity contribution is 7.99. The summed E-state index contributed by atoms with van der Waals surface area (Å²) in [5.74, 6) is 0.743. The Hall–Kier alpha value is -2.02. The van der Waals surface area contributed by atoms with E-state index in [1.807, 2.05) is 37.4 Å². The number of carbonyl (C=O) groups is 1. The molecule has 8 heteroatoms. The van der Waals surface area contributed by atoms with Crippen LogP contribution in [-0.4, -0.2) is 26.4 Å². The molecule has 25 heavy (non-hydrogen) atoms. The van der Waals surface area contributed by atoms with E-state index < -0.39 is 0 Å². The Kier molecular flexibility index (Phi) is 5.63. The van der Waals surface area contributed by atoms with E-state index in [0.29, 0.717) is 21.0 Å². The molecule has 0 atom stereocenters. The van der Waals surface area contributed by atoms with Gasteiger partial charge in [0.15, 0.2) is 11.0 Å². The minimum atomic E-state index is -0.106. The minimum Gasteiger partial charge on any atom is -0.325 e. The summed E-state index contributed by atoms with van der Waals surface area (Å²) in [6.07, 6.45) is 0. The van der Waals surface area contributed by atoms with E-state index in [4.69, 9.17) is 23.2 Å². The van der Waals surface area contributed by atoms with Gasteiger partial charge in [0.1, 0.15) is 0 Å². The molecule has 0 radical (unpaired) electrons. The molecule has 0 saturated carbocycles. The lowest BCUT2D eigenvalue weighted by Gasteiger charge is -2.06. The van der Waals surface area contributed by atoms with Crippen molar-refractivity contribution >= 4 is 46.6 Å². The summed E-state index contributed by atoms with van der Waals surface area (Å²) in [4.78, 5) is 12.0. The number of rotatable bonds is 5. The fourth-order valence-corrected chi connectivity index (χ4v) is 3.40. The molecule has 0 aliphatic heterocycles. The van der Waals surface area contributed by atoms with Crippen LogP contribution in [0.15, 0.2) is 53.7 Å². The molecule has 1 amide bonds. The molecule has 0 aliphatic carbocycles. The van der Waals surface area contributed by atoms with Gasteiger partial charge >= 0.3 is 0 Å². The first-order chi connectivity index (χ1) is 12.0. The summed E-state index contributed by atoms with van der Waals surface area (Å²) in [6, 6.07) is 14.5. The molecule has 0 unspecified atom stereocenters. The molecule has 128 valence electrons. The standard InChI is InChI=1S/C17H14Cl2N4OS/c1-23-16(13-8-7-11(18)9-14(13)19)21-22-17(23)25-10-15(24)20-12-5-3-2-4-6-12/h2-9H,10H2,1H3,(H,20,24). The van der Waals surface area contributed by atoms with Gasteiger partial charge in [0.2, 0.25) is 5.91 Å². The number of thioether (sulfide) groups is 1. The summed E-state index contributed by atoms with van der Waals surface area (Å²) < 4.78 is 1.80. The van der Waals surface area contributed by atoms with E-state index in [1.54, 1.807) is 22.8 Å². The van der Waals surface area contributed by atoms with Crippen molar-refractivity contribution in [2.24, 2.45) is 7.05 Å². The Labute approximate surface area is 159 Å². The molecule has 0 aliphatic rings. The second-order valence-electron chi connectivity index (χ2n) is 5.19. The summed E-state index contributed by atoms with van der Waals surface area (Å²) in [7, 11) is 1.83. The monoisotopic (exact) mass is 392 g/mol. The minimum absolute atomic E-state index is 0.106. The number of halogens is 2. The van der Waals surface area contributed by atoms with Gasteiger partial charge in [-0.3, -0.25) is 4.79 Å². The van der Waals surface area contributed by atoms with Crippen LogP contribution in [0.5, 0.6) is 0 Å². The molecule has 5 nitrogen and oxygen atoms in total. The zero-order valence-corrected chi connectivity index (χ0v) is 15.6. The van der Waals surface area contributed by atoms with Crippen LogP contribution in [0.2, 0.25) is 10.0 Å². The predicted octanol–water partition coefficient (Wildman–Crippen LogP) is 4.52. The molecular formula is C17H14Cl2N4OS. The number of nitrogens with one attached hydrogen (secondary N) is 1. The maximum atomic E-state index is 12.0. The molecule has 0 saturated heterocycles. The Bertz CT molecular complexity index is 899. The number of hydrogen-bond acceptors (Lipinski definition) is 4. The van der Waals surface area contributed by atoms with Crippen molar-refractivity contribution in [3.05, 3.63) is 58.6 Å². The first-order valence-corrected chi connectivity index (χ1v) is 9.11. The number of para-hydroxylation sites is 1. The van der Waals surface area contributed by atoms with Crippen molar-refractivity contribution in [2.45, 2.75) is 5.16 Å². The van der Waals surface area contributed by atoms with Gasteiger partial charge in [-0.2, -0.15) is 0 Å². The van der Waals surface area contributed by atoms with Crippen LogP contribution in [0.4, 0.5) is 5.69 Å². The van der Waals surface area contributed by atoms with Gasteiger partial charge in [-0.1, -0.05) is 53.2 Å². The average Bonchev–Trinajstić information content (AvgIpc) is 2.95. The van der Waals surface area contributed by atoms with Crippen molar-refractivity contribution in [2.75, 3.05) is 11.1 Å². The van der Waals surface area contributed by atoms with Crippen molar-refractivity contribution in [1.82, 2.24) is 14.8 Å². The maximum Gasteiger partial charge on any atom is 0.234 e. The van der Waals surface area contributed by atoms with E-state index in [9.17, 15) is 4.79 Å². The molecule has 1 heterocycles. The lowest BCUT2D eigenvalue weighted by molar-refractivity contribution is -0.113. The van der Waals surface area contributed by atoms with Gasteiger partial charge in [0.25, 0.3) is 0 Å². The van der Waals surface area contributed by atoms with Gasteiger partial charge < -0.3 is 9.88 Å². The summed E-state index contributed by atoms with van der Waals surface area (Å²) in [5.41, 5.74) is 1.50. The zero-order valence-electron chi connectivity index (χ0n) is 13.2. The maximum absolute atomic E-state index is 12.0. The van der Waals surface area contributed by atoms with Gasteiger partial charge in [0, 0.05) is 23.3 Å². The number of anilines is 1. The topological polar surface area (TPSA) is 59.8 Å². The lowest BCUT2D eigenvalue weighted by Crippen LogP contribution is -2.14. The second-order valence-corrected chi connectivity index (χ2v) is 6.98. The number of aromatic nitrogens is 3. The van der Waals surface area contributed by atoms with Crippen LogP contribution < -0.4 is 5.32 Å². The van der Waals surface area contributed by atoms with Crippen LogP contribution in [0, 0.1) is 0 Å². The Balaban J connectivity index is 1.68. The third-order valence-electron chi connectivity index (χ3n) is 3.40. The number of benzene rings is 2. The smallest absolute Gasteiger partial charge is 0.234 e. The molecular weight excluding hydrogens is 379 g/mol. The highest BCUT2D eigenvalue weighted by Crippen LogP contribution is 2.30. The van der Waals surface area contributed by atoms with E-state index >= 15 is 0 Å². The average molecular weight is 393 g/mol. The summed E-state index contributed by atoms with van der Waals surface area (Å²) in [6.45, 7) is 0. The highest BCUT2D eigenvalue weighted by atomic mass is 35.5. The van der Waals surface area contributed by atoms with E-state index in [1.165, 1.54) is 11.8 Å². The number of amides is 1. The molecule has 3 rings (SSSR count). The van der Waals surface area contributed by atoms with E-state index in [0.717, 1.165) is 11.3 Å². The molecule has 0 fully saturated rings. The number of nitrogens with zero attached hydrogens (tertiary/aromatic N) is 3. The first-order valence-electron chi connectivity index (χ1n) is 7.37. The van der Waals surface area contributed by atoms with Crippen molar-refractivity contribution in [3.63, 3.8) is 0 Å². The van der Waals surface area contributed by atoms with Gasteiger partial charge in [-0.05, 0) is 30.3 Å². The molecule has 0 bridgehead atoms. The van der Waals surface area contributed by atoms with Gasteiger partial charge in [-0.15, -0.1) is 10.2 Å². The van der Waals surface area contributed by atoms with Crippen molar-refractivity contribution in [1.29, 1.82) is 0 Å². The van der Waals surface area contributed by atoms with Gasteiger partial charge in [-0.25, -0.2) is 0 Å². The largest absolute Gasteiger partial charge is 0.325 e. The van der Waals surface area contributed by atoms with Gasteiger partial charge in [0.05, 0.1) is 10.8 Å². The zero-order chi connectivity index (χ0) is 17.8. The normalized spacial score (nSPS) is 10.7. The molecule has 1 N–H and O–H groups in total. The fraction of sp³-hybridized carbons (Fsp3) is 0.118. The highest BCUT2D eigenvalue weighted by Gasteiger charge is 2.15. The third-order valence-corrected chi connectivity index (χ3v) is 4.96. The third kappa shape index (κ3) is 4.34. The summed E-state index contributed by atoms with van der Waals surface area (Å²) in [5, 5.41) is 12.8. The fourth-order valence-electron chi connectivity index (χ4n) is 2.19. The Morgan fingerprint density at radius 1 is 1.16 bits per heavy atom. The quantitative estimate of drug-likeness (QED) is 0.648. The Morgan fingerprint density at radius 2 is 1.92 bits per heavy atom. The number of hydrogen-bond donors (Lipinski definition) is 1.